The van der Waals surface area contributed by atoms with Crippen LogP contribution in [0.15, 0.2) is 42.9 Å². The van der Waals surface area contributed by atoms with Gasteiger partial charge in [-0.3, -0.25) is 0 Å². The van der Waals surface area contributed by atoms with E-state index in [1.54, 1.807) is 0 Å². The molecule has 0 aliphatic heterocycles. The summed E-state index contributed by atoms with van der Waals surface area (Å²) in [4.78, 5) is 8.41. The van der Waals surface area contributed by atoms with Crippen molar-refractivity contribution in [3.63, 3.8) is 0 Å². The highest BCUT2D eigenvalue weighted by Crippen LogP contribution is 2.26. The average Bonchev–Trinajstić information content (AvgIpc) is 2.83. The number of nitrogens with two attached hydrogens (primary N) is 1. The van der Waals surface area contributed by atoms with E-state index in [4.69, 9.17) is 10.5 Å². The van der Waals surface area contributed by atoms with Gasteiger partial charge in [-0.25, -0.2) is 9.97 Å². The fourth-order valence-corrected chi connectivity index (χ4v) is 1.94. The van der Waals surface area contributed by atoms with Gasteiger partial charge in [0, 0.05) is 19.8 Å². The molecule has 0 fully saturated rings. The number of hydrogen-bond acceptors (Lipinski definition) is 4. The van der Waals surface area contributed by atoms with Crippen molar-refractivity contribution in [3.8, 4) is 11.6 Å². The van der Waals surface area contributed by atoms with Crippen LogP contribution in [0.3, 0.4) is 0 Å². The van der Waals surface area contributed by atoms with Gasteiger partial charge in [-0.05, 0) is 23.8 Å². The van der Waals surface area contributed by atoms with Gasteiger partial charge in [0.05, 0.1) is 5.39 Å². The van der Waals surface area contributed by atoms with Gasteiger partial charge in [0.1, 0.15) is 17.7 Å². The minimum Gasteiger partial charge on any atom is -0.438 e. The highest BCUT2D eigenvalue weighted by molar-refractivity contribution is 5.81. The first-order valence-electron chi connectivity index (χ1n) is 6.01. The predicted octanol–water partition coefficient (Wildman–Crippen LogP) is 2.22. The third-order valence-corrected chi connectivity index (χ3v) is 3.00. The molecule has 0 bridgehead atoms. The van der Waals surface area contributed by atoms with Gasteiger partial charge >= 0.3 is 0 Å². The summed E-state index contributed by atoms with van der Waals surface area (Å²) < 4.78 is 7.73. The Labute approximate surface area is 110 Å². The lowest BCUT2D eigenvalue weighted by Crippen LogP contribution is -1.96. The van der Waals surface area contributed by atoms with Crippen LogP contribution in [0.1, 0.15) is 5.56 Å². The number of fused-ring (bicyclic) bond motifs is 1. The standard InChI is InChI=1S/C14H14N4O/c1-18-7-6-12-13(18)16-9-17-14(12)19-11-4-2-10(8-15)3-5-11/h2-7,9H,8,15H2,1H3. The number of aryl methyl sites for hydroxylation is 1. The van der Waals surface area contributed by atoms with Crippen LogP contribution < -0.4 is 10.5 Å². The van der Waals surface area contributed by atoms with Crippen LogP contribution >= 0.6 is 0 Å². The first-order valence-corrected chi connectivity index (χ1v) is 6.01. The van der Waals surface area contributed by atoms with Crippen molar-refractivity contribution in [3.05, 3.63) is 48.4 Å². The SMILES string of the molecule is Cn1ccc2c(Oc3ccc(CN)cc3)ncnc21. The van der Waals surface area contributed by atoms with Crippen molar-refractivity contribution < 1.29 is 4.74 Å². The lowest BCUT2D eigenvalue weighted by Gasteiger charge is -2.06. The number of ether oxygens (including phenoxy) is 1. The summed E-state index contributed by atoms with van der Waals surface area (Å²) in [5.74, 6) is 1.30. The van der Waals surface area contributed by atoms with E-state index in [9.17, 15) is 0 Å². The quantitative estimate of drug-likeness (QED) is 0.778. The van der Waals surface area contributed by atoms with Crippen molar-refractivity contribution in [2.24, 2.45) is 12.8 Å². The maximum atomic E-state index is 5.80. The Kier molecular flexibility index (Phi) is 2.89. The molecule has 0 saturated heterocycles. The van der Waals surface area contributed by atoms with Crippen molar-refractivity contribution in [2.75, 3.05) is 0 Å². The highest BCUT2D eigenvalue weighted by atomic mass is 16.5. The summed E-state index contributed by atoms with van der Waals surface area (Å²) in [5.41, 5.74) is 7.49. The Bertz CT molecular complexity index is 703. The third-order valence-electron chi connectivity index (χ3n) is 3.00. The highest BCUT2D eigenvalue weighted by Gasteiger charge is 2.08. The zero-order valence-corrected chi connectivity index (χ0v) is 10.6. The summed E-state index contributed by atoms with van der Waals surface area (Å²) in [5, 5.41) is 0.896. The lowest BCUT2D eigenvalue weighted by molar-refractivity contribution is 0.468. The number of benzene rings is 1. The smallest absolute Gasteiger partial charge is 0.231 e. The molecule has 3 rings (SSSR count). The zero-order chi connectivity index (χ0) is 13.2. The van der Waals surface area contributed by atoms with E-state index in [0.29, 0.717) is 12.4 Å². The second kappa shape index (κ2) is 4.70. The molecule has 2 N–H and O–H groups in total. The first kappa shape index (κ1) is 11.7. The van der Waals surface area contributed by atoms with Crippen LogP contribution in [0.25, 0.3) is 11.0 Å². The third kappa shape index (κ3) is 2.15. The number of aromatic nitrogens is 3. The second-order valence-corrected chi connectivity index (χ2v) is 4.29. The molecular weight excluding hydrogens is 240 g/mol. The van der Waals surface area contributed by atoms with Crippen LogP contribution in [0.2, 0.25) is 0 Å². The molecule has 0 unspecified atom stereocenters. The fraction of sp³-hybridized carbons (Fsp3) is 0.143. The molecule has 2 aromatic heterocycles. The van der Waals surface area contributed by atoms with Gasteiger partial charge in [0.15, 0.2) is 0 Å². The minimum atomic E-state index is 0.525. The minimum absolute atomic E-state index is 0.525. The zero-order valence-electron chi connectivity index (χ0n) is 10.6. The fourth-order valence-electron chi connectivity index (χ4n) is 1.94. The molecule has 2 heterocycles. The van der Waals surface area contributed by atoms with Crippen molar-refractivity contribution >= 4 is 11.0 Å². The van der Waals surface area contributed by atoms with E-state index in [2.05, 4.69) is 9.97 Å². The van der Waals surface area contributed by atoms with Gasteiger partial charge in [0.25, 0.3) is 0 Å². The van der Waals surface area contributed by atoms with E-state index in [0.717, 1.165) is 22.3 Å². The molecule has 0 amide bonds. The van der Waals surface area contributed by atoms with Crippen molar-refractivity contribution in [1.82, 2.24) is 14.5 Å². The van der Waals surface area contributed by atoms with Crippen molar-refractivity contribution in [1.29, 1.82) is 0 Å². The molecule has 3 aromatic rings. The maximum absolute atomic E-state index is 5.80. The van der Waals surface area contributed by atoms with Gasteiger partial charge < -0.3 is 15.0 Å². The van der Waals surface area contributed by atoms with Gasteiger partial charge in [-0.2, -0.15) is 0 Å². The van der Waals surface area contributed by atoms with Gasteiger partial charge in [-0.1, -0.05) is 12.1 Å². The molecule has 0 saturated carbocycles. The monoisotopic (exact) mass is 254 g/mol. The van der Waals surface area contributed by atoms with Crippen LogP contribution in [-0.4, -0.2) is 14.5 Å². The Balaban J connectivity index is 1.96. The Morgan fingerprint density at radius 1 is 1.16 bits per heavy atom. The first-order chi connectivity index (χ1) is 9.28. The van der Waals surface area contributed by atoms with Crippen LogP contribution in [0, 0.1) is 0 Å². The molecule has 0 aliphatic carbocycles. The molecule has 1 aromatic carbocycles. The van der Waals surface area contributed by atoms with Crippen LogP contribution in [-0.2, 0) is 13.6 Å². The average molecular weight is 254 g/mol. The van der Waals surface area contributed by atoms with Gasteiger partial charge in [-0.15, -0.1) is 0 Å². The van der Waals surface area contributed by atoms with E-state index < -0.39 is 0 Å². The van der Waals surface area contributed by atoms with E-state index in [1.807, 2.05) is 48.1 Å². The molecule has 5 nitrogen and oxygen atoms in total. The summed E-state index contributed by atoms with van der Waals surface area (Å²) in [6.07, 6.45) is 3.44. The Morgan fingerprint density at radius 3 is 2.68 bits per heavy atom. The summed E-state index contributed by atoms with van der Waals surface area (Å²) in [6, 6.07) is 9.61. The number of nitrogens with zero attached hydrogens (tertiary/aromatic N) is 3. The molecule has 19 heavy (non-hydrogen) atoms. The van der Waals surface area contributed by atoms with Crippen LogP contribution in [0.5, 0.6) is 11.6 Å². The predicted molar refractivity (Wildman–Crippen MR) is 72.9 cm³/mol. The number of hydrogen-bond donors (Lipinski definition) is 1. The van der Waals surface area contributed by atoms with Gasteiger partial charge in [0.2, 0.25) is 5.88 Å². The lowest BCUT2D eigenvalue weighted by atomic mass is 10.2. The summed E-state index contributed by atoms with van der Waals surface area (Å²) in [6.45, 7) is 0.525. The van der Waals surface area contributed by atoms with Crippen LogP contribution in [0.4, 0.5) is 0 Å². The summed E-state index contributed by atoms with van der Waals surface area (Å²) in [7, 11) is 1.94. The van der Waals surface area contributed by atoms with E-state index >= 15 is 0 Å². The largest absolute Gasteiger partial charge is 0.438 e. The summed E-state index contributed by atoms with van der Waals surface area (Å²) >= 11 is 0. The molecule has 96 valence electrons. The number of rotatable bonds is 3. The molecule has 0 radical (unpaired) electrons. The van der Waals surface area contributed by atoms with Crippen molar-refractivity contribution in [2.45, 2.75) is 6.54 Å². The van der Waals surface area contributed by atoms with E-state index in [-0.39, 0.29) is 0 Å². The normalized spacial score (nSPS) is 10.8. The Hall–Kier alpha value is -2.40. The molecule has 0 spiro atoms. The topological polar surface area (TPSA) is 66.0 Å². The molecule has 0 aliphatic rings. The second-order valence-electron chi connectivity index (χ2n) is 4.29. The maximum Gasteiger partial charge on any atom is 0.231 e. The van der Waals surface area contributed by atoms with E-state index in [1.165, 1.54) is 6.33 Å². The molecule has 0 atom stereocenters. The Morgan fingerprint density at radius 2 is 1.95 bits per heavy atom. The molecular formula is C14H14N4O. The molecule has 5 heteroatoms.